The highest BCUT2D eigenvalue weighted by molar-refractivity contribution is 7.22. The van der Waals surface area contributed by atoms with Crippen LogP contribution in [0.3, 0.4) is 0 Å². The molecule has 1 aliphatic heterocycles. The smallest absolute Gasteiger partial charge is 0.277 e. The minimum Gasteiger partial charge on any atom is -0.451 e. The lowest BCUT2D eigenvalue weighted by Crippen LogP contribution is -2.36. The molecule has 5 aromatic rings. The molecule has 1 fully saturated rings. The van der Waals surface area contributed by atoms with Crippen LogP contribution in [-0.2, 0) is 4.74 Å². The highest BCUT2D eigenvalue weighted by Crippen LogP contribution is 2.38. The molecule has 35 heavy (non-hydrogen) atoms. The summed E-state index contributed by atoms with van der Waals surface area (Å²) in [7, 11) is 0. The van der Waals surface area contributed by atoms with Crippen LogP contribution in [-0.4, -0.2) is 52.1 Å². The Kier molecular flexibility index (Phi) is 5.65. The summed E-state index contributed by atoms with van der Waals surface area (Å²) in [6.45, 7) is 2.84. The molecule has 1 aromatic carbocycles. The molecule has 1 amide bonds. The zero-order chi connectivity index (χ0) is 23.6. The molecule has 0 unspecified atom stereocenters. The first-order valence-electron chi connectivity index (χ1n) is 11.1. The molecule has 1 aliphatic rings. The standard InChI is InChI=1S/C25H20N6O3S/c32-25(20-14-34-15-27-20)28-18-5-1-3-16(11-18)23-29-19-12-21(17-4-2-6-26-13-17)35-22(19)24(30-23)31-7-9-33-10-8-31/h1-6,11-15H,7-10H2,(H,28,32). The predicted molar refractivity (Wildman–Crippen MR) is 134 cm³/mol. The third kappa shape index (κ3) is 4.36. The van der Waals surface area contributed by atoms with Gasteiger partial charge in [0.1, 0.15) is 6.26 Å². The summed E-state index contributed by atoms with van der Waals surface area (Å²) >= 11 is 1.66. The van der Waals surface area contributed by atoms with E-state index in [9.17, 15) is 4.79 Å². The Morgan fingerprint density at radius 1 is 1.06 bits per heavy atom. The van der Waals surface area contributed by atoms with Crippen molar-refractivity contribution in [3.05, 3.63) is 73.2 Å². The number of pyridine rings is 1. The predicted octanol–water partition coefficient (Wildman–Crippen LogP) is 4.50. The fraction of sp³-hybridized carbons (Fsp3) is 0.160. The van der Waals surface area contributed by atoms with Crippen molar-refractivity contribution in [2.45, 2.75) is 0 Å². The quantitative estimate of drug-likeness (QED) is 0.389. The summed E-state index contributed by atoms with van der Waals surface area (Å²) in [6, 6.07) is 13.5. The third-order valence-corrected chi connectivity index (χ3v) is 6.82. The van der Waals surface area contributed by atoms with Crippen LogP contribution in [0.2, 0.25) is 0 Å². The molecule has 5 heterocycles. The van der Waals surface area contributed by atoms with E-state index in [1.807, 2.05) is 42.6 Å². The van der Waals surface area contributed by atoms with E-state index in [1.54, 1.807) is 17.5 Å². The van der Waals surface area contributed by atoms with Crippen LogP contribution in [0.4, 0.5) is 11.5 Å². The number of carbonyl (C=O) groups excluding carboxylic acids is 1. The van der Waals surface area contributed by atoms with E-state index in [2.05, 4.69) is 26.3 Å². The molecular formula is C25H20N6O3S. The summed E-state index contributed by atoms with van der Waals surface area (Å²) < 4.78 is 11.5. The fourth-order valence-electron chi connectivity index (χ4n) is 3.94. The number of anilines is 2. The minimum absolute atomic E-state index is 0.212. The minimum atomic E-state index is -0.347. The molecular weight excluding hydrogens is 464 g/mol. The maximum atomic E-state index is 12.4. The van der Waals surface area contributed by atoms with Crippen molar-refractivity contribution in [1.29, 1.82) is 0 Å². The number of thiophene rings is 1. The first kappa shape index (κ1) is 21.4. The van der Waals surface area contributed by atoms with Gasteiger partial charge in [-0.15, -0.1) is 11.3 Å². The van der Waals surface area contributed by atoms with Gasteiger partial charge in [0.25, 0.3) is 5.91 Å². The Morgan fingerprint density at radius 3 is 2.74 bits per heavy atom. The number of nitrogens with one attached hydrogen (secondary N) is 1. The molecule has 1 N–H and O–H groups in total. The van der Waals surface area contributed by atoms with Crippen LogP contribution in [0, 0.1) is 0 Å². The van der Waals surface area contributed by atoms with Gasteiger partial charge in [-0.1, -0.05) is 18.2 Å². The van der Waals surface area contributed by atoms with Gasteiger partial charge in [-0.05, 0) is 24.3 Å². The number of aromatic nitrogens is 4. The SMILES string of the molecule is O=C(Nc1cccc(-c2nc(N3CCOCC3)c3sc(-c4cccnc4)cc3n2)c1)c1cocn1. The number of ether oxygens (including phenoxy) is 1. The van der Waals surface area contributed by atoms with Gasteiger partial charge in [0.15, 0.2) is 23.7 Å². The molecule has 10 heteroatoms. The lowest BCUT2D eigenvalue weighted by molar-refractivity contribution is 0.102. The lowest BCUT2D eigenvalue weighted by Gasteiger charge is -2.28. The molecule has 0 spiro atoms. The van der Waals surface area contributed by atoms with Crippen LogP contribution in [0.1, 0.15) is 10.5 Å². The second-order valence-electron chi connectivity index (χ2n) is 7.95. The van der Waals surface area contributed by atoms with E-state index >= 15 is 0 Å². The monoisotopic (exact) mass is 484 g/mol. The average molecular weight is 485 g/mol. The van der Waals surface area contributed by atoms with Crippen LogP contribution < -0.4 is 10.2 Å². The van der Waals surface area contributed by atoms with Gasteiger partial charge in [-0.3, -0.25) is 9.78 Å². The Hall–Kier alpha value is -4.15. The van der Waals surface area contributed by atoms with Crippen LogP contribution in [0.15, 0.2) is 71.9 Å². The second-order valence-corrected chi connectivity index (χ2v) is 9.00. The highest BCUT2D eigenvalue weighted by Gasteiger charge is 2.21. The fourth-order valence-corrected chi connectivity index (χ4v) is 5.04. The van der Waals surface area contributed by atoms with E-state index < -0.39 is 0 Å². The van der Waals surface area contributed by atoms with Crippen LogP contribution >= 0.6 is 11.3 Å². The second kappa shape index (κ2) is 9.24. The van der Waals surface area contributed by atoms with Crippen molar-refractivity contribution in [1.82, 2.24) is 19.9 Å². The van der Waals surface area contributed by atoms with Crippen molar-refractivity contribution in [2.75, 3.05) is 36.5 Å². The molecule has 0 bridgehead atoms. The summed E-state index contributed by atoms with van der Waals surface area (Å²) in [6.07, 6.45) is 6.15. The Balaban J connectivity index is 1.41. The van der Waals surface area contributed by atoms with Crippen LogP contribution in [0.25, 0.3) is 32.0 Å². The summed E-state index contributed by atoms with van der Waals surface area (Å²) in [4.78, 5) is 33.8. The number of rotatable bonds is 5. The number of nitrogens with zero attached hydrogens (tertiary/aromatic N) is 5. The Labute approximate surface area is 204 Å². The molecule has 1 saturated heterocycles. The van der Waals surface area contributed by atoms with Crippen molar-refractivity contribution in [3.8, 4) is 21.8 Å². The molecule has 4 aromatic heterocycles. The van der Waals surface area contributed by atoms with E-state index in [4.69, 9.17) is 19.1 Å². The zero-order valence-electron chi connectivity index (χ0n) is 18.5. The number of hydrogen-bond acceptors (Lipinski definition) is 9. The number of carbonyl (C=O) groups is 1. The summed E-state index contributed by atoms with van der Waals surface area (Å²) in [5.41, 5.74) is 3.55. The van der Waals surface area contributed by atoms with Gasteiger partial charge >= 0.3 is 0 Å². The van der Waals surface area contributed by atoms with Gasteiger partial charge in [0.05, 0.1) is 23.4 Å². The van der Waals surface area contributed by atoms with Crippen molar-refractivity contribution >= 4 is 39.0 Å². The summed E-state index contributed by atoms with van der Waals surface area (Å²) in [5.74, 6) is 1.14. The van der Waals surface area contributed by atoms with Gasteiger partial charge in [0.2, 0.25) is 0 Å². The first-order valence-corrected chi connectivity index (χ1v) is 11.9. The molecule has 0 radical (unpaired) electrons. The molecule has 6 rings (SSSR count). The number of fused-ring (bicyclic) bond motifs is 1. The number of morpholine rings is 1. The van der Waals surface area contributed by atoms with Crippen molar-refractivity contribution in [2.24, 2.45) is 0 Å². The molecule has 0 aliphatic carbocycles. The van der Waals surface area contributed by atoms with Crippen molar-refractivity contribution in [3.63, 3.8) is 0 Å². The Bertz CT molecular complexity index is 1480. The topological polar surface area (TPSA) is 106 Å². The normalized spacial score (nSPS) is 13.8. The lowest BCUT2D eigenvalue weighted by atomic mass is 10.1. The maximum absolute atomic E-state index is 12.4. The van der Waals surface area contributed by atoms with Gasteiger partial charge in [0, 0.05) is 47.2 Å². The number of benzene rings is 1. The first-order chi connectivity index (χ1) is 17.2. The molecule has 9 nitrogen and oxygen atoms in total. The highest BCUT2D eigenvalue weighted by atomic mass is 32.1. The summed E-state index contributed by atoms with van der Waals surface area (Å²) in [5, 5.41) is 2.85. The number of oxazole rings is 1. The molecule has 174 valence electrons. The van der Waals surface area contributed by atoms with Gasteiger partial charge in [-0.25, -0.2) is 15.0 Å². The van der Waals surface area contributed by atoms with E-state index in [1.165, 1.54) is 12.7 Å². The van der Waals surface area contributed by atoms with E-state index in [0.29, 0.717) is 24.7 Å². The zero-order valence-corrected chi connectivity index (χ0v) is 19.4. The average Bonchev–Trinajstić information content (AvgIpc) is 3.60. The van der Waals surface area contributed by atoms with Crippen LogP contribution in [0.5, 0.6) is 0 Å². The largest absolute Gasteiger partial charge is 0.451 e. The third-order valence-electron chi connectivity index (χ3n) is 5.65. The van der Waals surface area contributed by atoms with Crippen molar-refractivity contribution < 1.29 is 13.9 Å². The molecule has 0 saturated carbocycles. The maximum Gasteiger partial charge on any atom is 0.277 e. The van der Waals surface area contributed by atoms with Gasteiger partial charge < -0.3 is 19.4 Å². The van der Waals surface area contributed by atoms with E-state index in [-0.39, 0.29) is 11.6 Å². The molecule has 0 atom stereocenters. The van der Waals surface area contributed by atoms with Gasteiger partial charge in [-0.2, -0.15) is 0 Å². The number of amides is 1. The van der Waals surface area contributed by atoms with E-state index in [0.717, 1.165) is 45.1 Å². The Morgan fingerprint density at radius 2 is 1.94 bits per heavy atom. The number of hydrogen-bond donors (Lipinski definition) is 1.